The first-order valence-corrected chi connectivity index (χ1v) is 7.12. The van der Waals surface area contributed by atoms with Crippen molar-refractivity contribution in [3.05, 3.63) is 48.0 Å². The summed E-state index contributed by atoms with van der Waals surface area (Å²) in [6.07, 6.45) is 0.289. The molecule has 0 fully saturated rings. The Morgan fingerprint density at radius 1 is 1.05 bits per heavy atom. The highest BCUT2D eigenvalue weighted by Gasteiger charge is 2.07. The van der Waals surface area contributed by atoms with Gasteiger partial charge >= 0.3 is 0 Å². The molecule has 110 valence electrons. The lowest BCUT2D eigenvalue weighted by molar-refractivity contribution is -0.121. The summed E-state index contributed by atoms with van der Waals surface area (Å²) in [4.78, 5) is 23.5. The molecular formula is C17H20N2O2. The molecule has 0 aliphatic rings. The molecule has 0 spiro atoms. The highest BCUT2D eigenvalue weighted by atomic mass is 16.2. The Balaban J connectivity index is 1.91. The average molecular weight is 284 g/mol. The molecule has 0 heterocycles. The lowest BCUT2D eigenvalue weighted by Gasteiger charge is -2.09. The van der Waals surface area contributed by atoms with Gasteiger partial charge in [-0.05, 0) is 36.8 Å². The maximum absolute atomic E-state index is 12.0. The number of hydrogen-bond acceptors (Lipinski definition) is 2. The van der Waals surface area contributed by atoms with Crippen LogP contribution in [0.2, 0.25) is 0 Å². The van der Waals surface area contributed by atoms with Crippen molar-refractivity contribution in [2.75, 3.05) is 6.54 Å². The first-order chi connectivity index (χ1) is 10.1. The second-order valence-electron chi connectivity index (χ2n) is 5.29. The predicted molar refractivity (Wildman–Crippen MR) is 84.2 cm³/mol. The van der Waals surface area contributed by atoms with E-state index in [1.54, 1.807) is 6.07 Å². The van der Waals surface area contributed by atoms with E-state index in [1.165, 1.54) is 0 Å². The number of fused-ring (bicyclic) bond motifs is 1. The third-order valence-electron chi connectivity index (χ3n) is 3.10. The van der Waals surface area contributed by atoms with Gasteiger partial charge in [-0.15, -0.1) is 0 Å². The Labute approximate surface area is 124 Å². The molecule has 0 aliphatic heterocycles. The van der Waals surface area contributed by atoms with E-state index in [-0.39, 0.29) is 24.3 Å². The summed E-state index contributed by atoms with van der Waals surface area (Å²) in [7, 11) is 0. The Bertz CT molecular complexity index is 650. The van der Waals surface area contributed by atoms with Crippen LogP contribution in [0.4, 0.5) is 0 Å². The molecular weight excluding hydrogens is 264 g/mol. The highest BCUT2D eigenvalue weighted by molar-refractivity contribution is 5.98. The third kappa shape index (κ3) is 4.31. The normalized spacial score (nSPS) is 10.6. The molecule has 0 radical (unpaired) electrons. The summed E-state index contributed by atoms with van der Waals surface area (Å²) in [5, 5.41) is 7.69. The van der Waals surface area contributed by atoms with Crippen LogP contribution < -0.4 is 10.6 Å². The van der Waals surface area contributed by atoms with E-state index in [0.717, 1.165) is 10.8 Å². The monoisotopic (exact) mass is 284 g/mol. The van der Waals surface area contributed by atoms with Gasteiger partial charge in [0.25, 0.3) is 5.91 Å². The molecule has 21 heavy (non-hydrogen) atoms. The van der Waals surface area contributed by atoms with Crippen LogP contribution in [0.15, 0.2) is 42.5 Å². The largest absolute Gasteiger partial charge is 0.354 e. The van der Waals surface area contributed by atoms with Gasteiger partial charge in [0.1, 0.15) is 0 Å². The summed E-state index contributed by atoms with van der Waals surface area (Å²) < 4.78 is 0. The number of benzene rings is 2. The Morgan fingerprint density at radius 3 is 2.48 bits per heavy atom. The number of hydrogen-bond donors (Lipinski definition) is 2. The van der Waals surface area contributed by atoms with Crippen molar-refractivity contribution < 1.29 is 9.59 Å². The van der Waals surface area contributed by atoms with E-state index >= 15 is 0 Å². The Morgan fingerprint density at radius 2 is 1.76 bits per heavy atom. The summed E-state index contributed by atoms with van der Waals surface area (Å²) in [6.45, 7) is 4.15. The van der Waals surface area contributed by atoms with Gasteiger partial charge in [-0.25, -0.2) is 0 Å². The fourth-order valence-electron chi connectivity index (χ4n) is 2.12. The molecule has 0 saturated carbocycles. The molecule has 4 heteroatoms. The average Bonchev–Trinajstić information content (AvgIpc) is 2.45. The lowest BCUT2D eigenvalue weighted by Crippen LogP contribution is -2.34. The third-order valence-corrected chi connectivity index (χ3v) is 3.10. The number of nitrogens with one attached hydrogen (secondary N) is 2. The highest BCUT2D eigenvalue weighted by Crippen LogP contribution is 2.15. The molecule has 4 nitrogen and oxygen atoms in total. The quantitative estimate of drug-likeness (QED) is 0.886. The van der Waals surface area contributed by atoms with E-state index < -0.39 is 0 Å². The van der Waals surface area contributed by atoms with Gasteiger partial charge in [-0.1, -0.05) is 30.3 Å². The van der Waals surface area contributed by atoms with Crippen molar-refractivity contribution in [1.82, 2.24) is 10.6 Å². The molecule has 0 saturated heterocycles. The van der Waals surface area contributed by atoms with Gasteiger partial charge in [-0.3, -0.25) is 9.59 Å². The lowest BCUT2D eigenvalue weighted by atomic mass is 10.1. The molecule has 0 aliphatic carbocycles. The standard InChI is InChI=1S/C17H20N2O2/c1-12(2)19-16(20)9-10-18-17(21)15-8-7-13-5-3-4-6-14(13)11-15/h3-8,11-12H,9-10H2,1-2H3,(H,18,21)(H,19,20). The van der Waals surface area contributed by atoms with Crippen LogP contribution in [0.3, 0.4) is 0 Å². The molecule has 2 amide bonds. The second kappa shape index (κ2) is 6.88. The smallest absolute Gasteiger partial charge is 0.251 e. The van der Waals surface area contributed by atoms with E-state index in [4.69, 9.17) is 0 Å². The molecule has 2 rings (SSSR count). The minimum Gasteiger partial charge on any atom is -0.354 e. The summed E-state index contributed by atoms with van der Waals surface area (Å²) in [6, 6.07) is 13.6. The van der Waals surface area contributed by atoms with Crippen molar-refractivity contribution in [2.45, 2.75) is 26.3 Å². The molecule has 2 N–H and O–H groups in total. The zero-order valence-corrected chi connectivity index (χ0v) is 12.3. The summed E-state index contributed by atoms with van der Waals surface area (Å²) in [5.41, 5.74) is 0.609. The molecule has 0 atom stereocenters. The predicted octanol–water partition coefficient (Wildman–Crippen LogP) is 2.48. The van der Waals surface area contributed by atoms with E-state index in [1.807, 2.05) is 50.2 Å². The van der Waals surface area contributed by atoms with Crippen LogP contribution >= 0.6 is 0 Å². The van der Waals surface area contributed by atoms with Crippen LogP contribution in [-0.4, -0.2) is 24.4 Å². The molecule has 0 bridgehead atoms. The molecule has 2 aromatic rings. The molecule has 0 unspecified atom stereocenters. The Kier molecular flexibility index (Phi) is 4.93. The minimum atomic E-state index is -0.155. The number of amides is 2. The van der Waals surface area contributed by atoms with Gasteiger partial charge in [0, 0.05) is 24.6 Å². The topological polar surface area (TPSA) is 58.2 Å². The van der Waals surface area contributed by atoms with Gasteiger partial charge < -0.3 is 10.6 Å². The molecule has 0 aromatic heterocycles. The van der Waals surface area contributed by atoms with Crippen LogP contribution in [-0.2, 0) is 4.79 Å². The van der Waals surface area contributed by atoms with Crippen LogP contribution in [0.1, 0.15) is 30.6 Å². The van der Waals surface area contributed by atoms with Crippen molar-refractivity contribution in [3.8, 4) is 0 Å². The maximum Gasteiger partial charge on any atom is 0.251 e. The Hall–Kier alpha value is -2.36. The van der Waals surface area contributed by atoms with Crippen molar-refractivity contribution in [1.29, 1.82) is 0 Å². The van der Waals surface area contributed by atoms with Gasteiger partial charge in [0.15, 0.2) is 0 Å². The van der Waals surface area contributed by atoms with Gasteiger partial charge in [0.05, 0.1) is 0 Å². The van der Waals surface area contributed by atoms with Crippen molar-refractivity contribution >= 4 is 22.6 Å². The van der Waals surface area contributed by atoms with Crippen molar-refractivity contribution in [2.24, 2.45) is 0 Å². The van der Waals surface area contributed by atoms with E-state index in [0.29, 0.717) is 12.1 Å². The first-order valence-electron chi connectivity index (χ1n) is 7.12. The van der Waals surface area contributed by atoms with E-state index in [9.17, 15) is 9.59 Å². The molecule has 2 aromatic carbocycles. The number of carbonyl (C=O) groups excluding carboxylic acids is 2. The zero-order valence-electron chi connectivity index (χ0n) is 12.3. The van der Waals surface area contributed by atoms with E-state index in [2.05, 4.69) is 10.6 Å². The van der Waals surface area contributed by atoms with Crippen LogP contribution in [0.5, 0.6) is 0 Å². The maximum atomic E-state index is 12.0. The summed E-state index contributed by atoms with van der Waals surface area (Å²) >= 11 is 0. The second-order valence-corrected chi connectivity index (χ2v) is 5.29. The number of rotatable bonds is 5. The fraction of sp³-hybridized carbons (Fsp3) is 0.294. The van der Waals surface area contributed by atoms with Gasteiger partial charge in [0.2, 0.25) is 5.91 Å². The zero-order chi connectivity index (χ0) is 15.2. The van der Waals surface area contributed by atoms with Crippen LogP contribution in [0.25, 0.3) is 10.8 Å². The van der Waals surface area contributed by atoms with Crippen LogP contribution in [0, 0.1) is 0 Å². The van der Waals surface area contributed by atoms with Gasteiger partial charge in [-0.2, -0.15) is 0 Å². The van der Waals surface area contributed by atoms with Crippen molar-refractivity contribution in [3.63, 3.8) is 0 Å². The first kappa shape index (κ1) is 15.0. The fourth-order valence-corrected chi connectivity index (χ4v) is 2.12. The SMILES string of the molecule is CC(C)NC(=O)CCNC(=O)c1ccc2ccccc2c1. The number of carbonyl (C=O) groups is 2. The summed E-state index contributed by atoms with van der Waals surface area (Å²) in [5.74, 6) is -0.207. The minimum absolute atomic E-state index is 0.0520.